The molecule has 1 N–H and O–H groups in total. The van der Waals surface area contributed by atoms with E-state index in [1.807, 2.05) is 0 Å². The van der Waals surface area contributed by atoms with Crippen molar-refractivity contribution < 1.29 is 9.47 Å². The van der Waals surface area contributed by atoms with E-state index in [9.17, 15) is 0 Å². The lowest BCUT2D eigenvalue weighted by Gasteiger charge is -2.34. The predicted octanol–water partition coefficient (Wildman–Crippen LogP) is 2.56. The number of allylic oxidation sites excluding steroid dienone is 1. The molecule has 0 aromatic rings. The summed E-state index contributed by atoms with van der Waals surface area (Å²) in [6.45, 7) is 6.56. The summed E-state index contributed by atoms with van der Waals surface area (Å²) in [4.78, 5) is 0. The second-order valence-corrected chi connectivity index (χ2v) is 7.94. The first-order valence-corrected chi connectivity index (χ1v) is 9.81. The van der Waals surface area contributed by atoms with Crippen molar-refractivity contribution in [1.82, 2.24) is 5.32 Å². The van der Waals surface area contributed by atoms with E-state index in [-0.39, 0.29) is 6.10 Å². The fourth-order valence-corrected chi connectivity index (χ4v) is 4.85. The molecule has 2 fully saturated rings. The summed E-state index contributed by atoms with van der Waals surface area (Å²) in [6, 6.07) is 0.937. The van der Waals surface area contributed by atoms with Crippen LogP contribution in [0.5, 0.6) is 0 Å². The van der Waals surface area contributed by atoms with Gasteiger partial charge in [0.1, 0.15) is 0 Å². The van der Waals surface area contributed by atoms with Crippen LogP contribution in [0.25, 0.3) is 0 Å². The van der Waals surface area contributed by atoms with Crippen LogP contribution in [0.15, 0.2) is 11.6 Å². The quantitative estimate of drug-likeness (QED) is 0.788. The lowest BCUT2D eigenvalue weighted by atomic mass is 10.1. The summed E-state index contributed by atoms with van der Waals surface area (Å²) in [6.07, 6.45) is 3.45. The topological polar surface area (TPSA) is 30.5 Å². The van der Waals surface area contributed by atoms with E-state index in [1.54, 1.807) is 0 Å². The summed E-state index contributed by atoms with van der Waals surface area (Å²) < 4.78 is 11.7. The fraction of sp³-hybridized carbons (Fsp3) is 0.867. The van der Waals surface area contributed by atoms with E-state index in [0.29, 0.717) is 12.1 Å². The highest BCUT2D eigenvalue weighted by atomic mass is 32.2. The molecule has 2 aliphatic rings. The Labute approximate surface area is 131 Å². The van der Waals surface area contributed by atoms with Gasteiger partial charge in [0.25, 0.3) is 0 Å². The molecule has 20 heavy (non-hydrogen) atoms. The Morgan fingerprint density at radius 1 is 1.30 bits per heavy atom. The number of ether oxygens (including phenoxy) is 2. The molecule has 2 aliphatic heterocycles. The van der Waals surface area contributed by atoms with E-state index in [2.05, 4.69) is 48.8 Å². The molecule has 0 unspecified atom stereocenters. The van der Waals surface area contributed by atoms with E-state index in [0.717, 1.165) is 26.2 Å². The zero-order valence-electron chi connectivity index (χ0n) is 12.6. The van der Waals surface area contributed by atoms with Gasteiger partial charge in [-0.15, -0.1) is 0 Å². The minimum Gasteiger partial charge on any atom is -0.380 e. The van der Waals surface area contributed by atoms with Gasteiger partial charge in [-0.05, 0) is 20.3 Å². The highest BCUT2D eigenvalue weighted by Crippen LogP contribution is 2.19. The van der Waals surface area contributed by atoms with Crippen LogP contribution < -0.4 is 5.32 Å². The molecule has 3 nitrogen and oxygen atoms in total. The van der Waals surface area contributed by atoms with E-state index < -0.39 is 0 Å². The molecule has 0 spiro atoms. The van der Waals surface area contributed by atoms with Crippen molar-refractivity contribution in [1.29, 1.82) is 0 Å². The molecule has 116 valence electrons. The van der Waals surface area contributed by atoms with Gasteiger partial charge in [0.2, 0.25) is 0 Å². The van der Waals surface area contributed by atoms with Crippen molar-refractivity contribution in [3.05, 3.63) is 11.6 Å². The molecule has 2 heterocycles. The Hall–Kier alpha value is 0.320. The first kappa shape index (κ1) is 16.7. The summed E-state index contributed by atoms with van der Waals surface area (Å²) in [5.41, 5.74) is 1.32. The molecule has 5 heteroatoms. The zero-order valence-corrected chi connectivity index (χ0v) is 14.2. The molecule has 0 radical (unpaired) electrons. The molecule has 0 aliphatic carbocycles. The monoisotopic (exact) mass is 317 g/mol. The predicted molar refractivity (Wildman–Crippen MR) is 90.0 cm³/mol. The first-order chi connectivity index (χ1) is 9.75. The Morgan fingerprint density at radius 3 is 2.75 bits per heavy atom. The zero-order chi connectivity index (χ0) is 14.2. The van der Waals surface area contributed by atoms with Gasteiger partial charge >= 0.3 is 0 Å². The van der Waals surface area contributed by atoms with Gasteiger partial charge in [0, 0.05) is 35.7 Å². The molecule has 2 saturated heterocycles. The second-order valence-electron chi connectivity index (χ2n) is 5.64. The van der Waals surface area contributed by atoms with Crippen LogP contribution in [0.4, 0.5) is 0 Å². The molecule has 0 saturated carbocycles. The minimum absolute atomic E-state index is 0.289. The maximum Gasteiger partial charge on any atom is 0.0776 e. The van der Waals surface area contributed by atoms with E-state index in [4.69, 9.17) is 9.47 Å². The van der Waals surface area contributed by atoms with Crippen LogP contribution in [0.1, 0.15) is 20.3 Å². The van der Waals surface area contributed by atoms with Crippen molar-refractivity contribution in [3.63, 3.8) is 0 Å². The van der Waals surface area contributed by atoms with Crippen molar-refractivity contribution >= 4 is 23.5 Å². The highest BCUT2D eigenvalue weighted by Gasteiger charge is 2.28. The normalized spacial score (nSPS) is 28.9. The molecule has 2 rings (SSSR count). The Morgan fingerprint density at radius 2 is 2.05 bits per heavy atom. The third-order valence-electron chi connectivity index (χ3n) is 3.55. The lowest BCUT2D eigenvalue weighted by Crippen LogP contribution is -2.53. The maximum absolute atomic E-state index is 6.05. The third-order valence-corrected chi connectivity index (χ3v) is 6.07. The number of hydrogen-bond acceptors (Lipinski definition) is 5. The molecule has 0 bridgehead atoms. The largest absolute Gasteiger partial charge is 0.380 e. The number of rotatable bonds is 5. The standard InChI is InChI=1S/C15H27NO2S2/c1-12(2)3-6-18-15-4-5-17-9-14(15)16-13-10-19-7-8-20-11-13/h3,13-16H,4-11H2,1-2H3/t14-,15+/m1/s1. The lowest BCUT2D eigenvalue weighted by molar-refractivity contribution is -0.0495. The van der Waals surface area contributed by atoms with E-state index in [1.165, 1.54) is 28.6 Å². The Kier molecular flexibility index (Phi) is 7.81. The summed E-state index contributed by atoms with van der Waals surface area (Å²) in [5.74, 6) is 4.99. The highest BCUT2D eigenvalue weighted by molar-refractivity contribution is 8.03. The summed E-state index contributed by atoms with van der Waals surface area (Å²) in [7, 11) is 0. The number of nitrogens with one attached hydrogen (secondary N) is 1. The Balaban J connectivity index is 1.80. The fourth-order valence-electron chi connectivity index (χ4n) is 2.43. The van der Waals surface area contributed by atoms with Gasteiger partial charge < -0.3 is 14.8 Å². The summed E-state index contributed by atoms with van der Waals surface area (Å²) in [5, 5.41) is 3.77. The molecular weight excluding hydrogens is 290 g/mol. The molecule has 2 atom stereocenters. The van der Waals surface area contributed by atoms with Gasteiger partial charge in [-0.1, -0.05) is 11.6 Å². The maximum atomic E-state index is 6.05. The van der Waals surface area contributed by atoms with Crippen LogP contribution in [0.2, 0.25) is 0 Å². The average molecular weight is 318 g/mol. The minimum atomic E-state index is 0.289. The first-order valence-electron chi connectivity index (χ1n) is 7.50. The van der Waals surface area contributed by atoms with Crippen LogP contribution in [0.3, 0.4) is 0 Å². The van der Waals surface area contributed by atoms with Crippen LogP contribution in [-0.2, 0) is 9.47 Å². The van der Waals surface area contributed by atoms with Gasteiger partial charge in [-0.2, -0.15) is 23.5 Å². The van der Waals surface area contributed by atoms with Crippen molar-refractivity contribution in [2.24, 2.45) is 0 Å². The van der Waals surface area contributed by atoms with E-state index >= 15 is 0 Å². The summed E-state index contributed by atoms with van der Waals surface area (Å²) >= 11 is 4.12. The number of hydrogen-bond donors (Lipinski definition) is 1. The number of thioether (sulfide) groups is 2. The average Bonchev–Trinajstić information content (AvgIpc) is 2.69. The van der Waals surface area contributed by atoms with Gasteiger partial charge in [-0.3, -0.25) is 0 Å². The van der Waals surface area contributed by atoms with Crippen LogP contribution >= 0.6 is 23.5 Å². The molecular formula is C15H27NO2S2. The van der Waals surface area contributed by atoms with Crippen molar-refractivity contribution in [3.8, 4) is 0 Å². The molecule has 0 amide bonds. The molecule has 0 aromatic carbocycles. The molecule has 0 aromatic heterocycles. The third kappa shape index (κ3) is 5.98. The smallest absolute Gasteiger partial charge is 0.0776 e. The van der Waals surface area contributed by atoms with Crippen molar-refractivity contribution in [2.45, 2.75) is 38.5 Å². The van der Waals surface area contributed by atoms with Crippen molar-refractivity contribution in [2.75, 3.05) is 42.8 Å². The van der Waals surface area contributed by atoms with Crippen LogP contribution in [0, 0.1) is 0 Å². The van der Waals surface area contributed by atoms with Crippen LogP contribution in [-0.4, -0.2) is 61.0 Å². The SMILES string of the molecule is CC(C)=CCO[C@H]1CCOC[C@H]1NC1CSCCSC1. The Bertz CT molecular complexity index is 300. The van der Waals surface area contributed by atoms with Gasteiger partial charge in [-0.25, -0.2) is 0 Å². The van der Waals surface area contributed by atoms with Gasteiger partial charge in [0.15, 0.2) is 0 Å². The van der Waals surface area contributed by atoms with Gasteiger partial charge in [0.05, 0.1) is 25.4 Å². The second kappa shape index (κ2) is 9.36.